The number of anilines is 1. The fourth-order valence-corrected chi connectivity index (χ4v) is 4.28. The Morgan fingerprint density at radius 1 is 1.13 bits per heavy atom. The minimum absolute atomic E-state index is 0.252. The van der Waals surface area contributed by atoms with Crippen molar-refractivity contribution in [2.45, 2.75) is 17.9 Å². The van der Waals surface area contributed by atoms with E-state index in [1.165, 1.54) is 40.6 Å². The summed E-state index contributed by atoms with van der Waals surface area (Å²) in [6.45, 7) is 1.67. The maximum Gasteiger partial charge on any atom is 0.294 e. The molecule has 2 aromatic carbocycles. The van der Waals surface area contributed by atoms with Gasteiger partial charge in [-0.25, -0.2) is 4.98 Å². The summed E-state index contributed by atoms with van der Waals surface area (Å²) in [5.41, 5.74) is 2.45. The van der Waals surface area contributed by atoms with Crippen LogP contribution < -0.4 is 5.01 Å². The van der Waals surface area contributed by atoms with Crippen LogP contribution in [0.1, 0.15) is 6.92 Å². The predicted molar refractivity (Wildman–Crippen MR) is 120 cm³/mol. The molecule has 0 bridgehead atoms. The highest BCUT2D eigenvalue weighted by molar-refractivity contribution is 9.10. The van der Waals surface area contributed by atoms with Crippen LogP contribution in [0.4, 0.5) is 10.8 Å². The van der Waals surface area contributed by atoms with Crippen molar-refractivity contribution in [2.24, 2.45) is 15.3 Å². The van der Waals surface area contributed by atoms with Gasteiger partial charge in [-0.05, 0) is 43.3 Å². The van der Waals surface area contributed by atoms with Gasteiger partial charge in [0.15, 0.2) is 6.04 Å². The van der Waals surface area contributed by atoms with E-state index in [1.807, 2.05) is 29.6 Å². The Balaban J connectivity index is 1.51. The second-order valence-electron chi connectivity index (χ2n) is 6.50. The number of aromatic nitrogens is 1. The highest BCUT2D eigenvalue weighted by Gasteiger charge is 2.36. The summed E-state index contributed by atoms with van der Waals surface area (Å²) >= 11 is 4.69. The van der Waals surface area contributed by atoms with Gasteiger partial charge in [0.05, 0.1) is 22.0 Å². The Hall–Kier alpha value is -2.80. The molecular weight excluding hydrogens is 506 g/mol. The van der Waals surface area contributed by atoms with E-state index in [2.05, 4.69) is 36.2 Å². The molecule has 0 aliphatic carbocycles. The van der Waals surface area contributed by atoms with Crippen LogP contribution in [0.15, 0.2) is 78.6 Å². The van der Waals surface area contributed by atoms with Gasteiger partial charge in [0.1, 0.15) is 0 Å². The summed E-state index contributed by atoms with van der Waals surface area (Å²) < 4.78 is 32.2. The van der Waals surface area contributed by atoms with Crippen LogP contribution in [-0.4, -0.2) is 35.6 Å². The topological polar surface area (TPSA) is 125 Å². The number of hydrogen-bond donors (Lipinski definition) is 1. The van der Waals surface area contributed by atoms with Gasteiger partial charge in [0.2, 0.25) is 5.13 Å². The minimum Gasteiger partial charge on any atom is -0.282 e. The quantitative estimate of drug-likeness (QED) is 0.386. The SMILES string of the molecule is CC1=NN(c2nc(-c3ccc(Br)cc3)cs2)C(=O)[C@@H]1N=Nc1ccc(S(=O)(=O)O)cc1. The molecule has 1 atom stereocenters. The van der Waals surface area contributed by atoms with Crippen molar-refractivity contribution in [3.8, 4) is 11.3 Å². The molecule has 1 aliphatic heterocycles. The first kappa shape index (κ1) is 21.4. The Labute approximate surface area is 190 Å². The summed E-state index contributed by atoms with van der Waals surface area (Å²) in [7, 11) is -4.29. The van der Waals surface area contributed by atoms with Crippen molar-refractivity contribution in [1.29, 1.82) is 0 Å². The molecule has 0 radical (unpaired) electrons. The van der Waals surface area contributed by atoms with E-state index in [4.69, 9.17) is 4.55 Å². The lowest BCUT2D eigenvalue weighted by atomic mass is 10.2. The smallest absolute Gasteiger partial charge is 0.282 e. The lowest BCUT2D eigenvalue weighted by Crippen LogP contribution is -2.29. The summed E-state index contributed by atoms with van der Waals surface area (Å²) in [4.78, 5) is 17.1. The number of rotatable bonds is 5. The van der Waals surface area contributed by atoms with Gasteiger partial charge in [-0.2, -0.15) is 28.8 Å². The number of nitrogens with zero attached hydrogens (tertiary/aromatic N) is 5. The molecule has 0 saturated heterocycles. The molecule has 0 fully saturated rings. The zero-order valence-electron chi connectivity index (χ0n) is 15.9. The third-order valence-corrected chi connectivity index (χ3v) is 6.55. The number of carbonyl (C=O) groups excluding carboxylic acids is 1. The summed E-state index contributed by atoms with van der Waals surface area (Å²) in [5.74, 6) is -0.382. The zero-order valence-corrected chi connectivity index (χ0v) is 19.1. The molecular formula is C19H14BrN5O4S2. The molecule has 0 spiro atoms. The molecule has 2 heterocycles. The van der Waals surface area contributed by atoms with Crippen LogP contribution in [0.3, 0.4) is 0 Å². The van der Waals surface area contributed by atoms with E-state index in [0.717, 1.165) is 15.7 Å². The Kier molecular flexibility index (Phi) is 5.79. The third-order valence-electron chi connectivity index (χ3n) is 4.33. The molecule has 1 aliphatic rings. The van der Waals surface area contributed by atoms with Crippen molar-refractivity contribution in [2.75, 3.05) is 5.01 Å². The van der Waals surface area contributed by atoms with Gasteiger partial charge in [-0.15, -0.1) is 11.3 Å². The number of benzene rings is 2. The number of hydrazone groups is 1. The van der Waals surface area contributed by atoms with Crippen molar-refractivity contribution >= 4 is 59.8 Å². The maximum absolute atomic E-state index is 12.8. The van der Waals surface area contributed by atoms with Gasteiger partial charge in [-0.1, -0.05) is 28.1 Å². The number of carbonyl (C=O) groups is 1. The highest BCUT2D eigenvalue weighted by atomic mass is 79.9. The van der Waals surface area contributed by atoms with Gasteiger partial charge >= 0.3 is 0 Å². The van der Waals surface area contributed by atoms with Crippen LogP contribution in [0, 0.1) is 0 Å². The van der Waals surface area contributed by atoms with E-state index >= 15 is 0 Å². The Morgan fingerprint density at radius 2 is 1.81 bits per heavy atom. The first-order valence-electron chi connectivity index (χ1n) is 8.81. The van der Waals surface area contributed by atoms with E-state index in [9.17, 15) is 13.2 Å². The minimum atomic E-state index is -4.29. The van der Waals surface area contributed by atoms with Crippen LogP contribution in [0.25, 0.3) is 11.3 Å². The molecule has 9 nitrogen and oxygen atoms in total. The van der Waals surface area contributed by atoms with Crippen molar-refractivity contribution in [3.05, 3.63) is 58.4 Å². The third kappa shape index (κ3) is 4.61. The first-order chi connectivity index (χ1) is 14.7. The highest BCUT2D eigenvalue weighted by Crippen LogP contribution is 2.31. The largest absolute Gasteiger partial charge is 0.294 e. The molecule has 1 amide bonds. The van der Waals surface area contributed by atoms with Crippen LogP contribution in [0.5, 0.6) is 0 Å². The van der Waals surface area contributed by atoms with Crippen molar-refractivity contribution < 1.29 is 17.8 Å². The molecule has 0 unspecified atom stereocenters. The van der Waals surface area contributed by atoms with Crippen molar-refractivity contribution in [3.63, 3.8) is 0 Å². The fraction of sp³-hybridized carbons (Fsp3) is 0.105. The molecule has 12 heteroatoms. The molecule has 158 valence electrons. The number of halogens is 1. The lowest BCUT2D eigenvalue weighted by molar-refractivity contribution is -0.117. The molecule has 1 aromatic heterocycles. The molecule has 3 aromatic rings. The number of azo groups is 1. The monoisotopic (exact) mass is 519 g/mol. The lowest BCUT2D eigenvalue weighted by Gasteiger charge is -2.08. The standard InChI is InChI=1S/C19H14BrN5O4S2/c1-11-17(23-22-14-6-8-15(9-7-14)31(27,28)29)18(26)25(24-11)19-21-16(10-30-19)12-2-4-13(20)5-3-12/h2-10,17H,1H3,(H,27,28,29)/t17-/m1/s1. The van der Waals surface area contributed by atoms with E-state index < -0.39 is 16.2 Å². The summed E-state index contributed by atoms with van der Waals surface area (Å²) in [5, 5.41) is 15.8. The molecule has 1 N–H and O–H groups in total. The predicted octanol–water partition coefficient (Wildman–Crippen LogP) is 4.69. The van der Waals surface area contributed by atoms with Crippen LogP contribution in [-0.2, 0) is 14.9 Å². The number of thiazole rings is 1. The van der Waals surface area contributed by atoms with Crippen LogP contribution in [0.2, 0.25) is 0 Å². The fourth-order valence-electron chi connectivity index (χ4n) is 2.75. The average molecular weight is 520 g/mol. The first-order valence-corrected chi connectivity index (χ1v) is 11.9. The number of amides is 1. The van der Waals surface area contributed by atoms with Gasteiger partial charge in [0.25, 0.3) is 16.0 Å². The van der Waals surface area contributed by atoms with E-state index in [-0.39, 0.29) is 10.8 Å². The normalized spacial score (nSPS) is 16.9. The molecule has 0 saturated carbocycles. The van der Waals surface area contributed by atoms with Gasteiger partial charge in [0, 0.05) is 15.4 Å². The van der Waals surface area contributed by atoms with Crippen molar-refractivity contribution in [1.82, 2.24) is 4.98 Å². The summed E-state index contributed by atoms with van der Waals surface area (Å²) in [6.07, 6.45) is 0. The van der Waals surface area contributed by atoms with E-state index in [1.54, 1.807) is 6.92 Å². The maximum atomic E-state index is 12.8. The second-order valence-corrected chi connectivity index (χ2v) is 9.67. The number of hydrogen-bond acceptors (Lipinski definition) is 8. The van der Waals surface area contributed by atoms with Gasteiger partial charge < -0.3 is 0 Å². The van der Waals surface area contributed by atoms with Crippen LogP contribution >= 0.6 is 27.3 Å². The zero-order chi connectivity index (χ0) is 22.2. The molecule has 4 rings (SSSR count). The Bertz CT molecular complexity index is 1300. The van der Waals surface area contributed by atoms with Gasteiger partial charge in [-0.3, -0.25) is 9.35 Å². The second kappa shape index (κ2) is 8.38. The Morgan fingerprint density at radius 3 is 2.45 bits per heavy atom. The van der Waals surface area contributed by atoms with E-state index in [0.29, 0.717) is 16.5 Å². The molecule has 31 heavy (non-hydrogen) atoms. The summed E-state index contributed by atoms with van der Waals surface area (Å²) in [6, 6.07) is 11.9. The average Bonchev–Trinajstić information content (AvgIpc) is 3.32.